The zero-order valence-electron chi connectivity index (χ0n) is 28.1. The summed E-state index contributed by atoms with van der Waals surface area (Å²) in [4.78, 5) is 0. The van der Waals surface area contributed by atoms with Gasteiger partial charge in [0, 0.05) is 21.5 Å². The number of hydrogen-bond acceptors (Lipinski definition) is 2. The molecule has 0 N–H and O–H groups in total. The zero-order valence-corrected chi connectivity index (χ0v) is 28.1. The van der Waals surface area contributed by atoms with E-state index in [2.05, 4.69) is 158 Å². The van der Waals surface area contributed by atoms with Gasteiger partial charge in [0.15, 0.2) is 0 Å². The van der Waals surface area contributed by atoms with Crippen molar-refractivity contribution in [2.75, 3.05) is 0 Å². The molecule has 0 saturated carbocycles. The van der Waals surface area contributed by atoms with Crippen LogP contribution in [-0.2, 0) is 0 Å². The van der Waals surface area contributed by atoms with Crippen LogP contribution in [-0.4, -0.2) is 0 Å². The molecule has 0 aliphatic heterocycles. The first-order valence-electron chi connectivity index (χ1n) is 17.8. The Balaban J connectivity index is 1.19. The van der Waals surface area contributed by atoms with Gasteiger partial charge in [0.1, 0.15) is 22.3 Å². The molecule has 0 unspecified atom stereocenters. The lowest BCUT2D eigenvalue weighted by atomic mass is 9.85. The summed E-state index contributed by atoms with van der Waals surface area (Å²) in [6.07, 6.45) is 0. The number of hydrogen-bond donors (Lipinski definition) is 0. The van der Waals surface area contributed by atoms with Gasteiger partial charge in [0.2, 0.25) is 0 Å². The van der Waals surface area contributed by atoms with Crippen molar-refractivity contribution in [3.8, 4) is 44.5 Å². The first kappa shape index (κ1) is 28.9. The van der Waals surface area contributed by atoms with E-state index in [1.807, 2.05) is 24.3 Å². The fraction of sp³-hybridized carbons (Fsp3) is 0. The first-order chi connectivity index (χ1) is 25.8. The van der Waals surface area contributed by atoms with Crippen molar-refractivity contribution >= 4 is 65.4 Å². The van der Waals surface area contributed by atoms with Crippen LogP contribution in [0.5, 0.6) is 0 Å². The number of fused-ring (bicyclic) bond motifs is 8. The van der Waals surface area contributed by atoms with E-state index in [0.717, 1.165) is 60.6 Å². The Morgan fingerprint density at radius 3 is 1.10 bits per heavy atom. The van der Waals surface area contributed by atoms with Crippen LogP contribution in [0.25, 0.3) is 110 Å². The second-order valence-corrected chi connectivity index (χ2v) is 13.6. The van der Waals surface area contributed by atoms with E-state index >= 15 is 0 Å². The van der Waals surface area contributed by atoms with Gasteiger partial charge in [0.05, 0.1) is 5.56 Å². The summed E-state index contributed by atoms with van der Waals surface area (Å²) in [5.74, 6) is 0. The van der Waals surface area contributed by atoms with E-state index in [9.17, 15) is 0 Å². The molecule has 2 heteroatoms. The summed E-state index contributed by atoms with van der Waals surface area (Å²) in [7, 11) is 0. The highest BCUT2D eigenvalue weighted by Crippen LogP contribution is 2.47. The molecule has 0 atom stereocenters. The third kappa shape index (κ3) is 4.31. The van der Waals surface area contributed by atoms with Crippen LogP contribution in [0.3, 0.4) is 0 Å². The van der Waals surface area contributed by atoms with E-state index in [0.29, 0.717) is 0 Å². The molecule has 0 saturated heterocycles. The Labute approximate surface area is 299 Å². The van der Waals surface area contributed by atoms with E-state index in [1.165, 1.54) is 49.4 Å². The molecule has 11 aromatic rings. The smallest absolute Gasteiger partial charge is 0.147 e. The van der Waals surface area contributed by atoms with Crippen molar-refractivity contribution in [3.63, 3.8) is 0 Å². The minimum absolute atomic E-state index is 0.841. The molecule has 0 aliphatic carbocycles. The lowest BCUT2D eigenvalue weighted by molar-refractivity contribution is 0.658. The normalized spacial score (nSPS) is 11.8. The SMILES string of the molecule is c1ccc(-c2cccc(-c3c4ccccc4c(-c4cccc(-c5c6oc7ccccc7c6cc6c5oc5ccccc56)c4)c4ccccc34)c2)cc1. The minimum atomic E-state index is 0.841. The maximum atomic E-state index is 6.67. The number of para-hydroxylation sites is 2. The maximum absolute atomic E-state index is 6.67. The first-order valence-corrected chi connectivity index (χ1v) is 17.8. The highest BCUT2D eigenvalue weighted by molar-refractivity contribution is 6.24. The monoisotopic (exact) mass is 662 g/mol. The predicted octanol–water partition coefficient (Wildman–Crippen LogP) is 14.5. The Kier molecular flexibility index (Phi) is 6.28. The number of rotatable bonds is 4. The Hall–Kier alpha value is -6.90. The van der Waals surface area contributed by atoms with Crippen LogP contribution in [0, 0.1) is 0 Å². The molecule has 0 aliphatic rings. The molecule has 0 fully saturated rings. The van der Waals surface area contributed by atoms with Gasteiger partial charge >= 0.3 is 0 Å². The summed E-state index contributed by atoms with van der Waals surface area (Å²) in [6, 6.07) is 65.0. The van der Waals surface area contributed by atoms with Crippen molar-refractivity contribution in [3.05, 3.63) is 182 Å². The van der Waals surface area contributed by atoms with Gasteiger partial charge in [-0.05, 0) is 90.8 Å². The summed E-state index contributed by atoms with van der Waals surface area (Å²) in [5.41, 5.74) is 12.7. The highest BCUT2D eigenvalue weighted by atomic mass is 16.3. The summed E-state index contributed by atoms with van der Waals surface area (Å²) in [5, 5.41) is 9.28. The molecule has 9 aromatic carbocycles. The average molecular weight is 663 g/mol. The van der Waals surface area contributed by atoms with E-state index < -0.39 is 0 Å². The van der Waals surface area contributed by atoms with Gasteiger partial charge in [-0.25, -0.2) is 0 Å². The van der Waals surface area contributed by atoms with Crippen molar-refractivity contribution in [1.82, 2.24) is 0 Å². The Bertz CT molecular complexity index is 3030. The molecule has 2 aromatic heterocycles. The fourth-order valence-corrected chi connectivity index (χ4v) is 8.36. The minimum Gasteiger partial charge on any atom is -0.455 e. The van der Waals surface area contributed by atoms with Gasteiger partial charge in [-0.1, -0.05) is 152 Å². The van der Waals surface area contributed by atoms with Crippen LogP contribution in [0.15, 0.2) is 191 Å². The van der Waals surface area contributed by atoms with Crippen molar-refractivity contribution < 1.29 is 8.83 Å². The third-order valence-corrected chi connectivity index (χ3v) is 10.6. The Morgan fingerprint density at radius 2 is 0.596 bits per heavy atom. The van der Waals surface area contributed by atoms with Crippen molar-refractivity contribution in [1.29, 1.82) is 0 Å². The lowest BCUT2D eigenvalue weighted by Gasteiger charge is -2.18. The highest BCUT2D eigenvalue weighted by Gasteiger charge is 2.22. The molecule has 2 nitrogen and oxygen atoms in total. The molecular weight excluding hydrogens is 633 g/mol. The molecule has 11 rings (SSSR count). The van der Waals surface area contributed by atoms with Crippen molar-refractivity contribution in [2.45, 2.75) is 0 Å². The third-order valence-electron chi connectivity index (χ3n) is 10.6. The van der Waals surface area contributed by atoms with Crippen LogP contribution in [0.2, 0.25) is 0 Å². The van der Waals surface area contributed by atoms with Crippen molar-refractivity contribution in [2.24, 2.45) is 0 Å². The topological polar surface area (TPSA) is 26.3 Å². The molecule has 0 spiro atoms. The maximum Gasteiger partial charge on any atom is 0.147 e. The summed E-state index contributed by atoms with van der Waals surface area (Å²) in [6.45, 7) is 0. The van der Waals surface area contributed by atoms with Gasteiger partial charge in [0.25, 0.3) is 0 Å². The Morgan fingerprint density at radius 1 is 0.231 bits per heavy atom. The largest absolute Gasteiger partial charge is 0.455 e. The zero-order chi connectivity index (χ0) is 34.2. The molecule has 0 radical (unpaired) electrons. The lowest BCUT2D eigenvalue weighted by Crippen LogP contribution is -1.91. The quantitative estimate of drug-likeness (QED) is 0.175. The summed E-state index contributed by atoms with van der Waals surface area (Å²) < 4.78 is 13.3. The van der Waals surface area contributed by atoms with Crippen LogP contribution in [0.1, 0.15) is 0 Å². The standard InChI is InChI=1S/C50H30O2/c1-2-14-31(15-3-1)32-16-12-17-33(28-32)46-38-22-4-6-24-40(38)47(41-25-7-5-23-39(41)46)34-18-13-19-35(29-34)48-49-42(36-20-8-10-26-44(36)51-49)30-43-37-21-9-11-27-45(37)52-50(43)48/h1-30H. The van der Waals surface area contributed by atoms with Crippen LogP contribution in [0.4, 0.5) is 0 Å². The molecule has 52 heavy (non-hydrogen) atoms. The predicted molar refractivity (Wildman–Crippen MR) is 218 cm³/mol. The second-order valence-electron chi connectivity index (χ2n) is 13.6. The van der Waals surface area contributed by atoms with E-state index in [-0.39, 0.29) is 0 Å². The second kappa shape index (κ2) is 11.3. The van der Waals surface area contributed by atoms with Gasteiger partial charge < -0.3 is 8.83 Å². The van der Waals surface area contributed by atoms with E-state index in [4.69, 9.17) is 8.83 Å². The van der Waals surface area contributed by atoms with Crippen LogP contribution >= 0.6 is 0 Å². The van der Waals surface area contributed by atoms with Gasteiger partial charge in [-0.3, -0.25) is 0 Å². The molecular formula is C50H30O2. The van der Waals surface area contributed by atoms with E-state index in [1.54, 1.807) is 0 Å². The number of furan rings is 2. The average Bonchev–Trinajstić information content (AvgIpc) is 3.77. The summed E-state index contributed by atoms with van der Waals surface area (Å²) >= 11 is 0. The van der Waals surface area contributed by atoms with Crippen LogP contribution < -0.4 is 0 Å². The van der Waals surface area contributed by atoms with Gasteiger partial charge in [-0.2, -0.15) is 0 Å². The van der Waals surface area contributed by atoms with Gasteiger partial charge in [-0.15, -0.1) is 0 Å². The molecule has 2 heterocycles. The molecule has 242 valence electrons. The molecule has 0 bridgehead atoms. The number of benzene rings is 9. The molecule has 0 amide bonds. The fourth-order valence-electron chi connectivity index (χ4n) is 8.36.